The second kappa shape index (κ2) is 3.37. The van der Waals surface area contributed by atoms with Crippen molar-refractivity contribution < 1.29 is 19.1 Å². The first kappa shape index (κ1) is 9.94. The molecule has 0 aliphatic rings. The SMILES string of the molecule is COC(=O)C(C)(C)C(=O)OC. The maximum Gasteiger partial charge on any atom is 0.322 e. The summed E-state index contributed by atoms with van der Waals surface area (Å²) in [5.41, 5.74) is -1.20. The lowest BCUT2D eigenvalue weighted by atomic mass is 9.94. The van der Waals surface area contributed by atoms with E-state index >= 15 is 0 Å². The molecule has 0 heterocycles. The van der Waals surface area contributed by atoms with Crippen LogP contribution >= 0.6 is 0 Å². The number of methoxy groups -OCH3 is 2. The van der Waals surface area contributed by atoms with Crippen LogP contribution in [0.1, 0.15) is 13.8 Å². The van der Waals surface area contributed by atoms with E-state index in [4.69, 9.17) is 0 Å². The molecule has 0 saturated carbocycles. The van der Waals surface area contributed by atoms with Gasteiger partial charge in [0.2, 0.25) is 0 Å². The van der Waals surface area contributed by atoms with Gasteiger partial charge in [-0.15, -0.1) is 0 Å². The molecule has 0 bridgehead atoms. The van der Waals surface area contributed by atoms with E-state index in [1.807, 2.05) is 0 Å². The fourth-order valence-electron chi connectivity index (χ4n) is 0.594. The van der Waals surface area contributed by atoms with Gasteiger partial charge in [-0.3, -0.25) is 9.59 Å². The fraction of sp³-hybridized carbons (Fsp3) is 0.714. The third-order valence-electron chi connectivity index (χ3n) is 1.39. The van der Waals surface area contributed by atoms with Crippen LogP contribution in [-0.2, 0) is 19.1 Å². The lowest BCUT2D eigenvalue weighted by molar-refractivity contribution is -0.166. The minimum absolute atomic E-state index is 0.593. The van der Waals surface area contributed by atoms with Crippen LogP contribution in [0.25, 0.3) is 0 Å². The van der Waals surface area contributed by atoms with Gasteiger partial charge < -0.3 is 9.47 Å². The van der Waals surface area contributed by atoms with Crippen molar-refractivity contribution in [1.82, 2.24) is 0 Å². The first-order valence-electron chi connectivity index (χ1n) is 3.13. The third kappa shape index (κ3) is 1.93. The number of hydrogen-bond donors (Lipinski definition) is 0. The Morgan fingerprint density at radius 1 is 1.00 bits per heavy atom. The van der Waals surface area contributed by atoms with Crippen molar-refractivity contribution in [3.8, 4) is 0 Å². The lowest BCUT2D eigenvalue weighted by Gasteiger charge is -2.17. The van der Waals surface area contributed by atoms with E-state index in [2.05, 4.69) is 9.47 Å². The molecule has 0 spiro atoms. The second-order valence-electron chi connectivity index (χ2n) is 2.61. The Labute approximate surface area is 65.5 Å². The first-order chi connectivity index (χ1) is 4.96. The summed E-state index contributed by atoms with van der Waals surface area (Å²) in [6, 6.07) is 0. The largest absolute Gasteiger partial charge is 0.468 e. The average Bonchev–Trinajstić information content (AvgIpc) is 2.01. The van der Waals surface area contributed by atoms with Crippen LogP contribution < -0.4 is 0 Å². The van der Waals surface area contributed by atoms with Gasteiger partial charge in [-0.1, -0.05) is 0 Å². The predicted molar refractivity (Wildman–Crippen MR) is 37.8 cm³/mol. The molecule has 0 rings (SSSR count). The van der Waals surface area contributed by atoms with Crippen LogP contribution in [0.4, 0.5) is 0 Å². The highest BCUT2D eigenvalue weighted by molar-refractivity contribution is 5.98. The van der Waals surface area contributed by atoms with Gasteiger partial charge in [0.05, 0.1) is 14.2 Å². The van der Waals surface area contributed by atoms with Crippen molar-refractivity contribution in [2.24, 2.45) is 5.41 Å². The fourth-order valence-corrected chi connectivity index (χ4v) is 0.594. The Morgan fingerprint density at radius 2 is 1.27 bits per heavy atom. The molecule has 0 aromatic heterocycles. The quantitative estimate of drug-likeness (QED) is 0.432. The van der Waals surface area contributed by atoms with Crippen molar-refractivity contribution in [2.45, 2.75) is 13.8 Å². The molecule has 4 nitrogen and oxygen atoms in total. The summed E-state index contributed by atoms with van der Waals surface area (Å²) in [4.78, 5) is 21.8. The molecule has 0 aromatic carbocycles. The van der Waals surface area contributed by atoms with Crippen molar-refractivity contribution in [2.75, 3.05) is 14.2 Å². The molecule has 4 heteroatoms. The Morgan fingerprint density at radius 3 is 1.45 bits per heavy atom. The Hall–Kier alpha value is -1.06. The van der Waals surface area contributed by atoms with Crippen molar-refractivity contribution in [3.05, 3.63) is 0 Å². The van der Waals surface area contributed by atoms with E-state index in [9.17, 15) is 9.59 Å². The highest BCUT2D eigenvalue weighted by Crippen LogP contribution is 2.18. The van der Waals surface area contributed by atoms with Crippen molar-refractivity contribution >= 4 is 11.9 Å². The van der Waals surface area contributed by atoms with E-state index in [1.165, 1.54) is 28.1 Å². The summed E-state index contributed by atoms with van der Waals surface area (Å²) in [5.74, 6) is -1.19. The molecule has 0 aromatic rings. The van der Waals surface area contributed by atoms with Gasteiger partial charge in [0.25, 0.3) is 0 Å². The molecule has 0 fully saturated rings. The smallest absolute Gasteiger partial charge is 0.322 e. The zero-order valence-electron chi connectivity index (χ0n) is 7.13. The molecule has 0 aliphatic carbocycles. The summed E-state index contributed by atoms with van der Waals surface area (Å²) < 4.78 is 8.80. The van der Waals surface area contributed by atoms with Crippen LogP contribution in [-0.4, -0.2) is 26.2 Å². The standard InChI is InChI=1S/C7H12O4/c1-7(2,5(8)10-3)6(9)11-4/h1-4H3. The topological polar surface area (TPSA) is 52.6 Å². The molecular formula is C7H12O4. The number of esters is 2. The van der Waals surface area contributed by atoms with Gasteiger partial charge in [-0.05, 0) is 13.8 Å². The molecule has 0 unspecified atom stereocenters. The van der Waals surface area contributed by atoms with E-state index in [0.717, 1.165) is 0 Å². The summed E-state index contributed by atoms with van der Waals surface area (Å²) in [7, 11) is 2.46. The normalized spacial score (nSPS) is 10.5. The molecule has 0 aliphatic heterocycles. The Balaban J connectivity index is 4.44. The van der Waals surface area contributed by atoms with Gasteiger partial charge in [0, 0.05) is 0 Å². The minimum atomic E-state index is -1.20. The molecular weight excluding hydrogens is 148 g/mol. The van der Waals surface area contributed by atoms with E-state index in [0.29, 0.717) is 0 Å². The number of hydrogen-bond acceptors (Lipinski definition) is 4. The Bertz CT molecular complexity index is 153. The van der Waals surface area contributed by atoms with E-state index in [1.54, 1.807) is 0 Å². The van der Waals surface area contributed by atoms with Crippen LogP contribution in [0.2, 0.25) is 0 Å². The molecule has 0 N–H and O–H groups in total. The van der Waals surface area contributed by atoms with Crippen molar-refractivity contribution in [1.29, 1.82) is 0 Å². The zero-order valence-corrected chi connectivity index (χ0v) is 7.13. The number of carbonyl (C=O) groups excluding carboxylic acids is 2. The maximum absolute atomic E-state index is 10.9. The van der Waals surface area contributed by atoms with Crippen LogP contribution in [0.3, 0.4) is 0 Å². The second-order valence-corrected chi connectivity index (χ2v) is 2.61. The third-order valence-corrected chi connectivity index (χ3v) is 1.39. The average molecular weight is 160 g/mol. The number of rotatable bonds is 2. The predicted octanol–water partition coefficient (Wildman–Crippen LogP) is 0.359. The molecule has 64 valence electrons. The van der Waals surface area contributed by atoms with Crippen LogP contribution in [0, 0.1) is 5.41 Å². The zero-order chi connectivity index (χ0) is 9.07. The minimum Gasteiger partial charge on any atom is -0.468 e. The first-order valence-corrected chi connectivity index (χ1v) is 3.13. The van der Waals surface area contributed by atoms with Crippen LogP contribution in [0.15, 0.2) is 0 Å². The number of ether oxygens (including phenoxy) is 2. The van der Waals surface area contributed by atoms with Crippen molar-refractivity contribution in [3.63, 3.8) is 0 Å². The maximum atomic E-state index is 10.9. The lowest BCUT2D eigenvalue weighted by Crippen LogP contribution is -2.35. The summed E-state index contributed by atoms with van der Waals surface area (Å²) in [6.45, 7) is 2.90. The van der Waals surface area contributed by atoms with Gasteiger partial charge in [0.1, 0.15) is 0 Å². The molecule has 0 radical (unpaired) electrons. The monoisotopic (exact) mass is 160 g/mol. The highest BCUT2D eigenvalue weighted by atomic mass is 16.5. The molecule has 0 amide bonds. The van der Waals surface area contributed by atoms with Gasteiger partial charge in [-0.2, -0.15) is 0 Å². The summed E-state index contributed by atoms with van der Waals surface area (Å²) in [5, 5.41) is 0. The van der Waals surface area contributed by atoms with Gasteiger partial charge >= 0.3 is 11.9 Å². The van der Waals surface area contributed by atoms with Gasteiger partial charge in [-0.25, -0.2) is 0 Å². The summed E-state index contributed by atoms with van der Waals surface area (Å²) >= 11 is 0. The highest BCUT2D eigenvalue weighted by Gasteiger charge is 2.38. The molecule has 0 saturated heterocycles. The van der Waals surface area contributed by atoms with E-state index in [-0.39, 0.29) is 0 Å². The Kier molecular flexibility index (Phi) is 3.04. The van der Waals surface area contributed by atoms with E-state index < -0.39 is 17.4 Å². The number of carbonyl (C=O) groups is 2. The van der Waals surface area contributed by atoms with Crippen LogP contribution in [0.5, 0.6) is 0 Å². The molecule has 11 heavy (non-hydrogen) atoms. The van der Waals surface area contributed by atoms with Gasteiger partial charge in [0.15, 0.2) is 5.41 Å². The molecule has 0 atom stereocenters. The summed E-state index contributed by atoms with van der Waals surface area (Å²) in [6.07, 6.45) is 0.